The highest BCUT2D eigenvalue weighted by atomic mass is 35.5. The van der Waals surface area contributed by atoms with Gasteiger partial charge >= 0.3 is 0 Å². The molecule has 7 heteroatoms. The average Bonchev–Trinajstić information content (AvgIpc) is 2.45. The van der Waals surface area contributed by atoms with Gasteiger partial charge in [0.15, 0.2) is 0 Å². The van der Waals surface area contributed by atoms with E-state index in [0.717, 1.165) is 0 Å². The van der Waals surface area contributed by atoms with Crippen LogP contribution in [-0.2, 0) is 0 Å². The van der Waals surface area contributed by atoms with Crippen molar-refractivity contribution in [2.24, 2.45) is 5.84 Å². The average molecular weight is 295 g/mol. The zero-order valence-corrected chi connectivity index (χ0v) is 11.4. The zero-order valence-electron chi connectivity index (χ0n) is 10.6. The summed E-state index contributed by atoms with van der Waals surface area (Å²) in [6.45, 7) is 0. The van der Waals surface area contributed by atoms with Crippen LogP contribution in [0, 0.1) is 5.82 Å². The molecule has 0 aliphatic heterocycles. The Bertz CT molecular complexity index is 633. The molecule has 0 saturated carbocycles. The van der Waals surface area contributed by atoms with Gasteiger partial charge < -0.3 is 10.3 Å². The number of nitrogens with zero attached hydrogens (tertiary/aromatic N) is 2. The van der Waals surface area contributed by atoms with Crippen LogP contribution in [-0.4, -0.2) is 17.9 Å². The van der Waals surface area contributed by atoms with E-state index >= 15 is 0 Å². The third-order valence-corrected chi connectivity index (χ3v) is 2.90. The van der Waals surface area contributed by atoms with Gasteiger partial charge in [0.1, 0.15) is 16.8 Å². The number of rotatable bonds is 3. The van der Waals surface area contributed by atoms with Gasteiger partial charge in [0.25, 0.3) is 5.91 Å². The molecule has 2 aromatic rings. The second-order valence-corrected chi connectivity index (χ2v) is 4.44. The molecule has 104 valence electrons. The fourth-order valence-electron chi connectivity index (χ4n) is 1.67. The van der Waals surface area contributed by atoms with Gasteiger partial charge in [0.05, 0.1) is 0 Å². The first-order valence-electron chi connectivity index (χ1n) is 5.69. The number of carbonyl (C=O) groups excluding carboxylic acids is 1. The van der Waals surface area contributed by atoms with Crippen molar-refractivity contribution in [1.82, 2.24) is 4.98 Å². The van der Waals surface area contributed by atoms with Crippen molar-refractivity contribution >= 4 is 29.0 Å². The number of carbonyl (C=O) groups is 1. The van der Waals surface area contributed by atoms with E-state index in [9.17, 15) is 9.18 Å². The molecule has 0 atom stereocenters. The number of hydrogen-bond acceptors (Lipinski definition) is 4. The Morgan fingerprint density at radius 3 is 2.60 bits per heavy atom. The predicted octanol–water partition coefficient (Wildman–Crippen LogP) is 2.44. The maximum absolute atomic E-state index is 12.9. The van der Waals surface area contributed by atoms with E-state index in [2.05, 4.69) is 10.4 Å². The molecule has 0 spiro atoms. The van der Waals surface area contributed by atoms with Crippen molar-refractivity contribution in [3.8, 4) is 0 Å². The van der Waals surface area contributed by atoms with Crippen molar-refractivity contribution in [2.75, 3.05) is 17.4 Å². The van der Waals surface area contributed by atoms with Gasteiger partial charge in [-0.3, -0.25) is 4.79 Å². The van der Waals surface area contributed by atoms with Crippen molar-refractivity contribution < 1.29 is 9.18 Å². The first-order chi connectivity index (χ1) is 9.51. The third kappa shape index (κ3) is 3.04. The van der Waals surface area contributed by atoms with Crippen molar-refractivity contribution in [1.29, 1.82) is 0 Å². The number of pyridine rings is 1. The molecule has 0 fully saturated rings. The number of aromatic nitrogens is 1. The lowest BCUT2D eigenvalue weighted by Crippen LogP contribution is -2.26. The summed E-state index contributed by atoms with van der Waals surface area (Å²) in [6.07, 6.45) is 0. The smallest absolute Gasteiger partial charge is 0.258 e. The van der Waals surface area contributed by atoms with Crippen molar-refractivity contribution in [3.63, 3.8) is 0 Å². The number of nitrogens with one attached hydrogen (secondary N) is 1. The largest absolute Gasteiger partial charge is 0.311 e. The molecule has 1 heterocycles. The predicted molar refractivity (Wildman–Crippen MR) is 76.2 cm³/mol. The number of benzene rings is 1. The number of amides is 1. The van der Waals surface area contributed by atoms with E-state index in [1.807, 2.05) is 0 Å². The summed E-state index contributed by atoms with van der Waals surface area (Å²) in [6, 6.07) is 8.51. The van der Waals surface area contributed by atoms with E-state index in [1.54, 1.807) is 7.05 Å². The lowest BCUT2D eigenvalue weighted by molar-refractivity contribution is 0.0993. The van der Waals surface area contributed by atoms with Crippen LogP contribution in [0.25, 0.3) is 0 Å². The Morgan fingerprint density at radius 1 is 1.35 bits per heavy atom. The second kappa shape index (κ2) is 5.85. The monoisotopic (exact) mass is 294 g/mol. The number of hydrogen-bond donors (Lipinski definition) is 2. The molecule has 1 aromatic carbocycles. The molecular formula is C13H12ClFN4O. The van der Waals surface area contributed by atoms with Crippen LogP contribution >= 0.6 is 11.6 Å². The minimum atomic E-state index is -0.365. The van der Waals surface area contributed by atoms with E-state index in [-0.39, 0.29) is 22.7 Å². The van der Waals surface area contributed by atoms with Gasteiger partial charge in [-0.25, -0.2) is 15.2 Å². The lowest BCUT2D eigenvalue weighted by Gasteiger charge is -2.17. The first-order valence-corrected chi connectivity index (χ1v) is 6.07. The van der Waals surface area contributed by atoms with Crippen molar-refractivity contribution in [3.05, 3.63) is 52.9 Å². The van der Waals surface area contributed by atoms with Crippen molar-refractivity contribution in [2.45, 2.75) is 0 Å². The Hall–Kier alpha value is -2.18. The standard InChI is InChI=1S/C13H12ClFN4O/c1-19(10-4-2-9(15)3-5-10)13(20)8-6-11(14)17-12(7-8)18-16/h2-7H,16H2,1H3,(H,17,18). The van der Waals surface area contributed by atoms with E-state index in [4.69, 9.17) is 17.4 Å². The molecule has 0 aliphatic carbocycles. The number of hydrazine groups is 1. The summed E-state index contributed by atoms with van der Waals surface area (Å²) in [7, 11) is 1.58. The summed E-state index contributed by atoms with van der Waals surface area (Å²) in [5, 5.41) is 0.149. The molecule has 2 rings (SSSR count). The molecule has 0 radical (unpaired) electrons. The molecular weight excluding hydrogens is 283 g/mol. The Kier molecular flexibility index (Phi) is 4.16. The molecule has 0 bridgehead atoms. The Morgan fingerprint density at radius 2 is 2.00 bits per heavy atom. The lowest BCUT2D eigenvalue weighted by atomic mass is 10.2. The van der Waals surface area contributed by atoms with E-state index < -0.39 is 0 Å². The molecule has 5 nitrogen and oxygen atoms in total. The summed E-state index contributed by atoms with van der Waals surface area (Å²) in [5.41, 5.74) is 3.22. The maximum Gasteiger partial charge on any atom is 0.258 e. The van der Waals surface area contributed by atoms with Crippen LogP contribution in [0.1, 0.15) is 10.4 Å². The first kappa shape index (κ1) is 14.2. The minimum Gasteiger partial charge on any atom is -0.311 e. The molecule has 1 aromatic heterocycles. The molecule has 0 unspecified atom stereocenters. The zero-order chi connectivity index (χ0) is 14.7. The van der Waals surface area contributed by atoms with Gasteiger partial charge in [-0.15, -0.1) is 0 Å². The normalized spacial score (nSPS) is 10.2. The van der Waals surface area contributed by atoms with Crippen LogP contribution in [0.4, 0.5) is 15.9 Å². The van der Waals surface area contributed by atoms with E-state index in [1.165, 1.54) is 41.3 Å². The number of nitrogens with two attached hydrogens (primary N) is 1. The minimum absolute atomic E-state index is 0.149. The molecule has 1 amide bonds. The highest BCUT2D eigenvalue weighted by molar-refractivity contribution is 6.30. The fraction of sp³-hybridized carbons (Fsp3) is 0.0769. The third-order valence-electron chi connectivity index (χ3n) is 2.71. The number of halogens is 2. The summed E-state index contributed by atoms with van der Waals surface area (Å²) < 4.78 is 12.9. The van der Waals surface area contributed by atoms with Gasteiger partial charge in [-0.05, 0) is 36.4 Å². The Balaban J connectivity index is 2.30. The number of anilines is 2. The van der Waals surface area contributed by atoms with Gasteiger partial charge in [-0.2, -0.15) is 0 Å². The van der Waals surface area contributed by atoms with Crippen LogP contribution in [0.2, 0.25) is 5.15 Å². The van der Waals surface area contributed by atoms with E-state index in [0.29, 0.717) is 11.3 Å². The number of nitrogen functional groups attached to an aromatic ring is 1. The maximum atomic E-state index is 12.9. The van der Waals surface area contributed by atoms with Crippen LogP contribution in [0.15, 0.2) is 36.4 Å². The van der Waals surface area contributed by atoms with Gasteiger partial charge in [0.2, 0.25) is 0 Å². The summed E-state index contributed by atoms with van der Waals surface area (Å²) >= 11 is 5.82. The molecule has 3 N–H and O–H groups in total. The highest BCUT2D eigenvalue weighted by Crippen LogP contribution is 2.19. The summed E-state index contributed by atoms with van der Waals surface area (Å²) in [4.78, 5) is 17.6. The fourth-order valence-corrected chi connectivity index (χ4v) is 1.88. The molecule has 0 aliphatic rings. The van der Waals surface area contributed by atoms with Crippen LogP contribution < -0.4 is 16.2 Å². The van der Waals surface area contributed by atoms with Crippen LogP contribution in [0.3, 0.4) is 0 Å². The SMILES string of the molecule is CN(C(=O)c1cc(Cl)nc(NN)c1)c1ccc(F)cc1. The topological polar surface area (TPSA) is 71.2 Å². The molecule has 0 saturated heterocycles. The van der Waals surface area contributed by atoms with Gasteiger partial charge in [0, 0.05) is 18.3 Å². The van der Waals surface area contributed by atoms with Gasteiger partial charge in [-0.1, -0.05) is 11.6 Å². The Labute approximate surface area is 120 Å². The quantitative estimate of drug-likeness (QED) is 0.518. The molecule has 20 heavy (non-hydrogen) atoms. The highest BCUT2D eigenvalue weighted by Gasteiger charge is 2.15. The second-order valence-electron chi connectivity index (χ2n) is 4.05. The van der Waals surface area contributed by atoms with Crippen LogP contribution in [0.5, 0.6) is 0 Å². The summed E-state index contributed by atoms with van der Waals surface area (Å²) in [5.74, 6) is 4.87.